The summed E-state index contributed by atoms with van der Waals surface area (Å²) in [4.78, 5) is 20.4. The Balaban J connectivity index is 2.52. The van der Waals surface area contributed by atoms with E-state index in [-0.39, 0.29) is 11.3 Å². The molecule has 0 radical (unpaired) electrons. The molecule has 1 aliphatic rings. The summed E-state index contributed by atoms with van der Waals surface area (Å²) in [7, 11) is 0. The Kier molecular flexibility index (Phi) is 1.62. The van der Waals surface area contributed by atoms with Gasteiger partial charge in [-0.25, -0.2) is 4.79 Å². The van der Waals surface area contributed by atoms with Gasteiger partial charge in [0.05, 0.1) is 5.92 Å². The van der Waals surface area contributed by atoms with Crippen LogP contribution in [0.5, 0.6) is 0 Å². The van der Waals surface area contributed by atoms with Gasteiger partial charge < -0.3 is 14.6 Å². The first kappa shape index (κ1) is 8.04. The van der Waals surface area contributed by atoms with Crippen LogP contribution in [-0.4, -0.2) is 23.7 Å². The lowest BCUT2D eigenvalue weighted by Crippen LogP contribution is -2.07. The molecule has 0 bridgehead atoms. The molecule has 0 aromatic rings. The van der Waals surface area contributed by atoms with Crippen molar-refractivity contribution in [1.29, 1.82) is 0 Å². The Morgan fingerprint density at radius 1 is 1.64 bits per heavy atom. The molecule has 4 nitrogen and oxygen atoms in total. The summed E-state index contributed by atoms with van der Waals surface area (Å²) in [5.74, 6) is -0.265. The van der Waals surface area contributed by atoms with Gasteiger partial charge >= 0.3 is 6.16 Å². The fraction of sp³-hybridized carbons (Fsp3) is 0.714. The molecule has 2 unspecified atom stereocenters. The summed E-state index contributed by atoms with van der Waals surface area (Å²) in [5, 5.41) is 8.23. The molecule has 0 saturated heterocycles. The Morgan fingerprint density at radius 2 is 2.18 bits per heavy atom. The van der Waals surface area contributed by atoms with E-state index in [4.69, 9.17) is 5.11 Å². The third-order valence-corrected chi connectivity index (χ3v) is 2.18. The molecule has 0 spiro atoms. The lowest BCUT2D eigenvalue weighted by Gasteiger charge is -1.99. The van der Waals surface area contributed by atoms with Crippen LogP contribution in [0.4, 0.5) is 4.79 Å². The highest BCUT2D eigenvalue weighted by Crippen LogP contribution is 2.52. The lowest BCUT2D eigenvalue weighted by atomic mass is 10.1. The summed E-state index contributed by atoms with van der Waals surface area (Å²) in [6, 6.07) is 0. The first-order valence-corrected chi connectivity index (χ1v) is 3.35. The monoisotopic (exact) mass is 158 g/mol. The van der Waals surface area contributed by atoms with Gasteiger partial charge in [-0.3, -0.25) is 0 Å². The van der Waals surface area contributed by atoms with Crippen molar-refractivity contribution in [3.05, 3.63) is 0 Å². The summed E-state index contributed by atoms with van der Waals surface area (Å²) in [6.07, 6.45) is -1.02. The summed E-state index contributed by atoms with van der Waals surface area (Å²) < 4.78 is 4.47. The van der Waals surface area contributed by atoms with E-state index in [1.807, 2.05) is 0 Å². The van der Waals surface area contributed by atoms with Crippen LogP contribution >= 0.6 is 0 Å². The number of carboxylic acid groups (broad SMARTS) is 1. The fourth-order valence-electron chi connectivity index (χ4n) is 1.21. The molecule has 1 N–H and O–H groups in total. The van der Waals surface area contributed by atoms with Gasteiger partial charge in [0.1, 0.15) is 12.4 Å². The van der Waals surface area contributed by atoms with Crippen LogP contribution in [0.25, 0.3) is 0 Å². The van der Waals surface area contributed by atoms with Crippen LogP contribution in [0.2, 0.25) is 0 Å². The normalized spacial score (nSPS) is 32.5. The Bertz CT molecular complexity index is 197. The molecular weight excluding hydrogens is 148 g/mol. The summed E-state index contributed by atoms with van der Waals surface area (Å²) in [6.45, 7) is 3.61. The minimum absolute atomic E-state index is 0.265. The molecule has 1 aliphatic carbocycles. The van der Waals surface area contributed by atoms with Crippen molar-refractivity contribution in [1.82, 2.24) is 0 Å². The molecule has 1 fully saturated rings. The maximum Gasteiger partial charge on any atom is 0.506 e. The van der Waals surface area contributed by atoms with Crippen molar-refractivity contribution in [2.45, 2.75) is 20.0 Å². The SMILES string of the molecule is CC1(C)C(C=O)C1OC(=O)O. The first-order chi connectivity index (χ1) is 5.00. The van der Waals surface area contributed by atoms with Crippen LogP contribution in [0.15, 0.2) is 0 Å². The van der Waals surface area contributed by atoms with E-state index in [9.17, 15) is 9.59 Å². The van der Waals surface area contributed by atoms with Crippen molar-refractivity contribution in [3.63, 3.8) is 0 Å². The molecule has 0 aliphatic heterocycles. The number of carbonyl (C=O) groups excluding carboxylic acids is 1. The number of carbonyl (C=O) groups is 2. The molecule has 11 heavy (non-hydrogen) atoms. The van der Waals surface area contributed by atoms with Crippen LogP contribution in [0, 0.1) is 11.3 Å². The second kappa shape index (κ2) is 2.22. The topological polar surface area (TPSA) is 63.6 Å². The van der Waals surface area contributed by atoms with E-state index in [0.717, 1.165) is 6.29 Å². The second-order valence-electron chi connectivity index (χ2n) is 3.29. The molecule has 1 rings (SSSR count). The molecule has 0 aromatic heterocycles. The maximum absolute atomic E-state index is 10.3. The number of hydrogen-bond acceptors (Lipinski definition) is 3. The molecular formula is C7H10O4. The molecule has 1 saturated carbocycles. The van der Waals surface area contributed by atoms with Gasteiger partial charge in [0, 0.05) is 5.41 Å². The lowest BCUT2D eigenvalue weighted by molar-refractivity contribution is -0.109. The van der Waals surface area contributed by atoms with E-state index in [1.54, 1.807) is 13.8 Å². The summed E-state index contributed by atoms with van der Waals surface area (Å²) in [5.41, 5.74) is -0.305. The van der Waals surface area contributed by atoms with Gasteiger partial charge in [-0.1, -0.05) is 13.8 Å². The van der Waals surface area contributed by atoms with Crippen LogP contribution in [-0.2, 0) is 9.53 Å². The van der Waals surface area contributed by atoms with E-state index >= 15 is 0 Å². The van der Waals surface area contributed by atoms with Gasteiger partial charge in [0.15, 0.2) is 0 Å². The summed E-state index contributed by atoms with van der Waals surface area (Å²) >= 11 is 0. The smallest absolute Gasteiger partial charge is 0.450 e. The van der Waals surface area contributed by atoms with Crippen molar-refractivity contribution in [2.24, 2.45) is 11.3 Å². The molecule has 2 atom stereocenters. The zero-order valence-electron chi connectivity index (χ0n) is 6.40. The van der Waals surface area contributed by atoms with E-state index in [2.05, 4.69) is 4.74 Å². The highest BCUT2D eigenvalue weighted by Gasteiger charge is 2.61. The van der Waals surface area contributed by atoms with Crippen LogP contribution < -0.4 is 0 Å². The van der Waals surface area contributed by atoms with Gasteiger partial charge in [0.2, 0.25) is 0 Å². The number of aldehydes is 1. The first-order valence-electron chi connectivity index (χ1n) is 3.35. The van der Waals surface area contributed by atoms with E-state index in [0.29, 0.717) is 0 Å². The number of hydrogen-bond donors (Lipinski definition) is 1. The largest absolute Gasteiger partial charge is 0.506 e. The average molecular weight is 158 g/mol. The van der Waals surface area contributed by atoms with Crippen molar-refractivity contribution < 1.29 is 19.4 Å². The van der Waals surface area contributed by atoms with Gasteiger partial charge in [-0.2, -0.15) is 0 Å². The molecule has 62 valence electrons. The van der Waals surface area contributed by atoms with Crippen molar-refractivity contribution in [3.8, 4) is 0 Å². The Labute approximate surface area is 64.2 Å². The maximum atomic E-state index is 10.3. The van der Waals surface area contributed by atoms with Crippen LogP contribution in [0.1, 0.15) is 13.8 Å². The molecule has 0 amide bonds. The minimum Gasteiger partial charge on any atom is -0.450 e. The second-order valence-corrected chi connectivity index (χ2v) is 3.29. The van der Waals surface area contributed by atoms with Crippen LogP contribution in [0.3, 0.4) is 0 Å². The third kappa shape index (κ3) is 1.20. The average Bonchev–Trinajstić information content (AvgIpc) is 2.33. The highest BCUT2D eigenvalue weighted by molar-refractivity contribution is 5.65. The Hall–Kier alpha value is -1.06. The van der Waals surface area contributed by atoms with Crippen molar-refractivity contribution in [2.75, 3.05) is 0 Å². The third-order valence-electron chi connectivity index (χ3n) is 2.18. The number of ether oxygens (including phenoxy) is 1. The quantitative estimate of drug-likeness (QED) is 0.479. The fourth-order valence-corrected chi connectivity index (χ4v) is 1.21. The van der Waals surface area contributed by atoms with Crippen molar-refractivity contribution >= 4 is 12.4 Å². The van der Waals surface area contributed by atoms with E-state index in [1.165, 1.54) is 0 Å². The minimum atomic E-state index is -1.31. The molecule has 4 heteroatoms. The molecule has 0 aromatic carbocycles. The standard InChI is InChI=1S/C7H10O4/c1-7(2)4(3-8)5(7)11-6(9)10/h3-5H,1-2H3,(H,9,10). The predicted octanol–water partition coefficient (Wildman–Crippen LogP) is 0.905. The van der Waals surface area contributed by atoms with Gasteiger partial charge in [-0.15, -0.1) is 0 Å². The zero-order valence-corrected chi connectivity index (χ0v) is 6.40. The van der Waals surface area contributed by atoms with Gasteiger partial charge in [0.25, 0.3) is 0 Å². The highest BCUT2D eigenvalue weighted by atomic mass is 16.7. The Morgan fingerprint density at radius 3 is 2.45 bits per heavy atom. The predicted molar refractivity (Wildman–Crippen MR) is 36.2 cm³/mol. The zero-order chi connectivity index (χ0) is 8.65. The number of rotatable bonds is 2. The molecule has 0 heterocycles. The van der Waals surface area contributed by atoms with E-state index < -0.39 is 12.3 Å². The van der Waals surface area contributed by atoms with Gasteiger partial charge in [-0.05, 0) is 0 Å².